The summed E-state index contributed by atoms with van der Waals surface area (Å²) in [6.45, 7) is 1.68. The van der Waals surface area contributed by atoms with Crippen molar-refractivity contribution in [3.63, 3.8) is 0 Å². The fraction of sp³-hybridized carbons (Fsp3) is 0.158. The Labute approximate surface area is 142 Å². The molecule has 3 aromatic rings. The second-order valence-corrected chi connectivity index (χ2v) is 5.58. The molecule has 0 aliphatic rings. The number of fused-ring (bicyclic) bond motifs is 1. The first-order chi connectivity index (χ1) is 12.0. The van der Waals surface area contributed by atoms with Crippen molar-refractivity contribution in [3.8, 4) is 5.75 Å². The predicted octanol–water partition coefficient (Wildman–Crippen LogP) is 2.11. The summed E-state index contributed by atoms with van der Waals surface area (Å²) in [4.78, 5) is 22.7. The van der Waals surface area contributed by atoms with E-state index in [1.807, 2.05) is 0 Å². The van der Waals surface area contributed by atoms with Crippen molar-refractivity contribution in [2.75, 3.05) is 0 Å². The summed E-state index contributed by atoms with van der Waals surface area (Å²) < 4.78 is 24.3. The van der Waals surface area contributed by atoms with Crippen LogP contribution in [-0.2, 0) is 17.8 Å². The van der Waals surface area contributed by atoms with Gasteiger partial charge in [0.2, 0.25) is 0 Å². The van der Waals surface area contributed by atoms with Crippen LogP contribution in [0.3, 0.4) is 0 Å². The molecular formula is C19H14FO5-. The van der Waals surface area contributed by atoms with Crippen molar-refractivity contribution < 1.29 is 23.4 Å². The molecule has 2 aromatic carbocycles. The fourth-order valence-electron chi connectivity index (χ4n) is 2.59. The van der Waals surface area contributed by atoms with E-state index in [1.165, 1.54) is 12.1 Å². The molecule has 0 atom stereocenters. The minimum atomic E-state index is -1.35. The summed E-state index contributed by atoms with van der Waals surface area (Å²) in [5, 5.41) is 11.4. The zero-order chi connectivity index (χ0) is 18.0. The van der Waals surface area contributed by atoms with Crippen molar-refractivity contribution >= 4 is 16.9 Å². The first-order valence-corrected chi connectivity index (χ1v) is 7.58. The van der Waals surface area contributed by atoms with Gasteiger partial charge < -0.3 is 19.1 Å². The third-order valence-electron chi connectivity index (χ3n) is 3.93. The molecule has 0 unspecified atom stereocenters. The molecule has 0 spiro atoms. The van der Waals surface area contributed by atoms with Crippen LogP contribution in [-0.4, -0.2) is 5.97 Å². The molecular weight excluding hydrogens is 327 g/mol. The standard InChI is InChI=1S/C19H15FO5/c1-11-14-7-6-13(24-10-12-4-2-3-5-16(12)20)8-17(14)25-19(23)15(11)9-18(21)22/h2-8H,9-10H2,1H3,(H,21,22)/p-1. The van der Waals surface area contributed by atoms with E-state index in [2.05, 4.69) is 0 Å². The number of carboxylic acid groups (broad SMARTS) is 1. The van der Waals surface area contributed by atoms with Gasteiger partial charge >= 0.3 is 5.63 Å². The normalized spacial score (nSPS) is 10.8. The van der Waals surface area contributed by atoms with Crippen molar-refractivity contribution in [3.05, 3.63) is 75.4 Å². The average Bonchev–Trinajstić information content (AvgIpc) is 2.57. The van der Waals surface area contributed by atoms with Gasteiger partial charge in [0.1, 0.15) is 23.8 Å². The highest BCUT2D eigenvalue weighted by molar-refractivity contribution is 5.83. The number of rotatable bonds is 5. The molecule has 0 radical (unpaired) electrons. The Kier molecular flexibility index (Phi) is 4.52. The fourth-order valence-corrected chi connectivity index (χ4v) is 2.59. The number of hydrogen-bond acceptors (Lipinski definition) is 5. The molecule has 0 saturated carbocycles. The molecule has 0 N–H and O–H groups in total. The minimum Gasteiger partial charge on any atom is -0.550 e. The van der Waals surface area contributed by atoms with Gasteiger partial charge in [-0.05, 0) is 30.7 Å². The van der Waals surface area contributed by atoms with Crippen LogP contribution in [0.1, 0.15) is 16.7 Å². The van der Waals surface area contributed by atoms with Crippen LogP contribution in [0.4, 0.5) is 4.39 Å². The van der Waals surface area contributed by atoms with Gasteiger partial charge in [-0.3, -0.25) is 0 Å². The maximum atomic E-state index is 13.6. The monoisotopic (exact) mass is 341 g/mol. The predicted molar refractivity (Wildman–Crippen MR) is 86.7 cm³/mol. The van der Waals surface area contributed by atoms with Gasteiger partial charge in [-0.1, -0.05) is 18.2 Å². The Morgan fingerprint density at radius 3 is 2.72 bits per heavy atom. The summed E-state index contributed by atoms with van der Waals surface area (Å²) in [6.07, 6.45) is -0.504. The van der Waals surface area contributed by atoms with Gasteiger partial charge in [-0.15, -0.1) is 0 Å². The highest BCUT2D eigenvalue weighted by Gasteiger charge is 2.12. The second kappa shape index (κ2) is 6.76. The zero-order valence-electron chi connectivity index (χ0n) is 13.4. The van der Waals surface area contributed by atoms with Gasteiger partial charge in [0.15, 0.2) is 0 Å². The lowest BCUT2D eigenvalue weighted by Crippen LogP contribution is -2.27. The summed E-state index contributed by atoms with van der Waals surface area (Å²) in [6, 6.07) is 11.1. The van der Waals surface area contributed by atoms with Gasteiger partial charge in [0.05, 0.1) is 0 Å². The van der Waals surface area contributed by atoms with E-state index in [0.717, 1.165) is 0 Å². The maximum absolute atomic E-state index is 13.6. The summed E-state index contributed by atoms with van der Waals surface area (Å²) in [5.74, 6) is -1.30. The number of aryl methyl sites for hydroxylation is 1. The number of carbonyl (C=O) groups is 1. The van der Waals surface area contributed by atoms with Crippen molar-refractivity contribution in [2.45, 2.75) is 20.0 Å². The molecule has 25 heavy (non-hydrogen) atoms. The largest absolute Gasteiger partial charge is 0.550 e. The molecule has 6 heteroatoms. The van der Waals surface area contributed by atoms with Crippen LogP contribution in [0.2, 0.25) is 0 Å². The van der Waals surface area contributed by atoms with Crippen LogP contribution >= 0.6 is 0 Å². The molecule has 3 rings (SSSR count). The smallest absolute Gasteiger partial charge is 0.340 e. The third kappa shape index (κ3) is 3.52. The lowest BCUT2D eigenvalue weighted by atomic mass is 10.0. The number of carbonyl (C=O) groups excluding carboxylic acids is 1. The molecule has 1 heterocycles. The molecule has 128 valence electrons. The summed E-state index contributed by atoms with van der Waals surface area (Å²) >= 11 is 0. The van der Waals surface area contributed by atoms with E-state index in [1.54, 1.807) is 37.3 Å². The highest BCUT2D eigenvalue weighted by atomic mass is 19.1. The van der Waals surface area contributed by atoms with E-state index in [-0.39, 0.29) is 23.6 Å². The number of benzene rings is 2. The van der Waals surface area contributed by atoms with E-state index < -0.39 is 18.0 Å². The van der Waals surface area contributed by atoms with E-state index in [9.17, 15) is 19.1 Å². The summed E-state index contributed by atoms with van der Waals surface area (Å²) in [5.41, 5.74) is 0.546. The van der Waals surface area contributed by atoms with Crippen LogP contribution in [0.5, 0.6) is 5.75 Å². The molecule has 0 amide bonds. The molecule has 0 saturated heterocycles. The number of carboxylic acids is 1. The Balaban J connectivity index is 1.91. The lowest BCUT2D eigenvalue weighted by molar-refractivity contribution is -0.304. The zero-order valence-corrected chi connectivity index (χ0v) is 13.4. The van der Waals surface area contributed by atoms with Crippen LogP contribution in [0.25, 0.3) is 11.0 Å². The quantitative estimate of drug-likeness (QED) is 0.664. The van der Waals surface area contributed by atoms with Crippen LogP contribution in [0, 0.1) is 12.7 Å². The first-order valence-electron chi connectivity index (χ1n) is 7.58. The van der Waals surface area contributed by atoms with Gasteiger partial charge in [0.25, 0.3) is 0 Å². The molecule has 0 fully saturated rings. The van der Waals surface area contributed by atoms with Gasteiger partial charge in [-0.2, -0.15) is 0 Å². The Hall–Kier alpha value is -3.15. The van der Waals surface area contributed by atoms with Crippen LogP contribution < -0.4 is 15.5 Å². The SMILES string of the molecule is Cc1c(CC(=O)[O-])c(=O)oc2cc(OCc3ccccc3F)ccc12. The number of hydrogen-bond donors (Lipinski definition) is 0. The molecule has 0 aliphatic heterocycles. The molecule has 0 aliphatic carbocycles. The molecule has 1 aromatic heterocycles. The van der Waals surface area contributed by atoms with E-state index in [0.29, 0.717) is 22.3 Å². The number of aliphatic carboxylic acids is 1. The summed E-state index contributed by atoms with van der Waals surface area (Å²) in [7, 11) is 0. The van der Waals surface area contributed by atoms with Gasteiger partial charge in [0, 0.05) is 35.0 Å². The topological polar surface area (TPSA) is 79.6 Å². The molecule has 0 bridgehead atoms. The second-order valence-electron chi connectivity index (χ2n) is 5.58. The maximum Gasteiger partial charge on any atom is 0.340 e. The number of ether oxygens (including phenoxy) is 1. The van der Waals surface area contributed by atoms with Crippen molar-refractivity contribution in [1.82, 2.24) is 0 Å². The first kappa shape index (κ1) is 16.7. The minimum absolute atomic E-state index is 0.0319. The average molecular weight is 341 g/mol. The van der Waals surface area contributed by atoms with E-state index in [4.69, 9.17) is 9.15 Å². The van der Waals surface area contributed by atoms with Crippen molar-refractivity contribution in [1.29, 1.82) is 0 Å². The van der Waals surface area contributed by atoms with Crippen LogP contribution in [0.15, 0.2) is 51.7 Å². The Morgan fingerprint density at radius 2 is 2.00 bits per heavy atom. The lowest BCUT2D eigenvalue weighted by Gasteiger charge is -2.11. The number of halogens is 1. The van der Waals surface area contributed by atoms with Crippen molar-refractivity contribution in [2.24, 2.45) is 0 Å². The molecule has 5 nitrogen and oxygen atoms in total. The Bertz CT molecular complexity index is 1010. The Morgan fingerprint density at radius 1 is 1.24 bits per heavy atom. The van der Waals surface area contributed by atoms with Gasteiger partial charge in [-0.25, -0.2) is 9.18 Å². The highest BCUT2D eigenvalue weighted by Crippen LogP contribution is 2.25. The third-order valence-corrected chi connectivity index (χ3v) is 3.93. The van der Waals surface area contributed by atoms with E-state index >= 15 is 0 Å².